The number of hydrogen-bond acceptors (Lipinski definition) is 3. The molecule has 2 heterocycles. The van der Waals surface area contributed by atoms with Crippen molar-refractivity contribution in [3.63, 3.8) is 0 Å². The first-order valence-corrected chi connectivity index (χ1v) is 7.63. The quantitative estimate of drug-likeness (QED) is 0.804. The van der Waals surface area contributed by atoms with Crippen LogP contribution in [0.4, 0.5) is 0 Å². The molecule has 1 aromatic heterocycles. The summed E-state index contributed by atoms with van der Waals surface area (Å²) in [5, 5.41) is 11.0. The van der Waals surface area contributed by atoms with Gasteiger partial charge in [-0.05, 0) is 46.4 Å². The Labute approximate surface area is 123 Å². The fourth-order valence-corrected chi connectivity index (χ4v) is 4.06. The van der Waals surface area contributed by atoms with Crippen LogP contribution in [0.15, 0.2) is 5.38 Å². The van der Waals surface area contributed by atoms with E-state index < -0.39 is 11.9 Å². The molecule has 1 amide bonds. The van der Waals surface area contributed by atoms with Crippen molar-refractivity contribution in [2.75, 3.05) is 13.1 Å². The first kappa shape index (κ1) is 13.8. The zero-order valence-electron chi connectivity index (χ0n) is 10.1. The second-order valence-electron chi connectivity index (χ2n) is 4.69. The largest absolute Gasteiger partial charge is 0.481 e. The molecule has 6 heteroatoms. The summed E-state index contributed by atoms with van der Waals surface area (Å²) in [6, 6.07) is 0. The maximum absolute atomic E-state index is 12.3. The summed E-state index contributed by atoms with van der Waals surface area (Å²) in [6.45, 7) is 4.71. The highest BCUT2D eigenvalue weighted by molar-refractivity contribution is 14.1. The fourth-order valence-electron chi connectivity index (χ4n) is 2.17. The van der Waals surface area contributed by atoms with Gasteiger partial charge in [-0.3, -0.25) is 9.59 Å². The van der Waals surface area contributed by atoms with Crippen LogP contribution in [0.3, 0.4) is 0 Å². The average Bonchev–Trinajstić information content (AvgIpc) is 2.84. The number of carboxylic acid groups (broad SMARTS) is 1. The molecule has 0 aliphatic carbocycles. The molecule has 2 rings (SSSR count). The van der Waals surface area contributed by atoms with Crippen molar-refractivity contribution in [2.45, 2.75) is 13.8 Å². The molecule has 1 aromatic rings. The summed E-state index contributed by atoms with van der Waals surface area (Å²) >= 11 is 3.61. The van der Waals surface area contributed by atoms with Gasteiger partial charge in [0, 0.05) is 16.7 Å². The lowest BCUT2D eigenvalue weighted by Crippen LogP contribution is -2.29. The van der Waals surface area contributed by atoms with Gasteiger partial charge in [0.2, 0.25) is 0 Å². The van der Waals surface area contributed by atoms with Crippen LogP contribution in [0.5, 0.6) is 0 Å². The summed E-state index contributed by atoms with van der Waals surface area (Å²) < 4.78 is 0.981. The van der Waals surface area contributed by atoms with E-state index in [1.165, 1.54) is 11.3 Å². The molecule has 1 saturated heterocycles. The first-order valence-electron chi connectivity index (χ1n) is 5.67. The fraction of sp³-hybridized carbons (Fsp3) is 0.500. The van der Waals surface area contributed by atoms with Crippen molar-refractivity contribution in [3.8, 4) is 0 Å². The molecule has 0 unspecified atom stereocenters. The minimum Gasteiger partial charge on any atom is -0.481 e. The molecule has 0 bridgehead atoms. The van der Waals surface area contributed by atoms with Crippen LogP contribution < -0.4 is 0 Å². The van der Waals surface area contributed by atoms with Crippen molar-refractivity contribution in [3.05, 3.63) is 19.4 Å². The summed E-state index contributed by atoms with van der Waals surface area (Å²) in [6.07, 6.45) is 0. The number of hydrogen-bond donors (Lipinski definition) is 1. The molecular formula is C12H14INO3S. The highest BCUT2D eigenvalue weighted by Crippen LogP contribution is 2.29. The van der Waals surface area contributed by atoms with Crippen LogP contribution in [-0.2, 0) is 4.79 Å². The Kier molecular flexibility index (Phi) is 3.96. The van der Waals surface area contributed by atoms with Crippen LogP contribution in [0.2, 0.25) is 0 Å². The van der Waals surface area contributed by atoms with Crippen LogP contribution in [-0.4, -0.2) is 35.0 Å². The smallest absolute Gasteiger partial charge is 0.308 e. The van der Waals surface area contributed by atoms with Gasteiger partial charge in [-0.25, -0.2) is 0 Å². The third kappa shape index (κ3) is 2.40. The van der Waals surface area contributed by atoms with Crippen LogP contribution >= 0.6 is 33.9 Å². The number of carbonyl (C=O) groups is 2. The van der Waals surface area contributed by atoms with E-state index in [4.69, 9.17) is 5.11 Å². The van der Waals surface area contributed by atoms with E-state index in [0.29, 0.717) is 13.1 Å². The number of nitrogens with zero attached hydrogens (tertiary/aromatic N) is 1. The Hall–Kier alpha value is -0.630. The van der Waals surface area contributed by atoms with Crippen LogP contribution in [0.1, 0.15) is 22.2 Å². The number of thiophene rings is 1. The van der Waals surface area contributed by atoms with E-state index in [2.05, 4.69) is 22.6 Å². The standard InChI is InChI=1S/C12H14INO3S/c1-6-3-14(4-8(6)12(16)17)11(15)10-9(13)7(2)5-18-10/h5-6,8H,3-4H2,1-2H3,(H,16,17)/t6-,8-/m1/s1. The molecule has 4 nitrogen and oxygen atoms in total. The van der Waals surface area contributed by atoms with Crippen molar-refractivity contribution in [2.24, 2.45) is 11.8 Å². The number of rotatable bonds is 2. The highest BCUT2D eigenvalue weighted by atomic mass is 127. The SMILES string of the molecule is Cc1csc(C(=O)N2C[C@@H](C)[C@H](C(=O)O)C2)c1I. The van der Waals surface area contributed by atoms with E-state index in [-0.39, 0.29) is 11.8 Å². The third-order valence-electron chi connectivity index (χ3n) is 3.31. The second kappa shape index (κ2) is 5.16. The van der Waals surface area contributed by atoms with E-state index in [1.54, 1.807) is 4.90 Å². The molecule has 0 saturated carbocycles. The average molecular weight is 379 g/mol. The van der Waals surface area contributed by atoms with Crippen LogP contribution in [0.25, 0.3) is 0 Å². The van der Waals surface area contributed by atoms with Crippen molar-refractivity contribution in [1.82, 2.24) is 4.90 Å². The lowest BCUT2D eigenvalue weighted by atomic mass is 9.99. The van der Waals surface area contributed by atoms with Gasteiger partial charge in [0.1, 0.15) is 4.88 Å². The van der Waals surface area contributed by atoms with Crippen molar-refractivity contribution >= 4 is 45.8 Å². The molecule has 0 radical (unpaired) electrons. The number of carboxylic acids is 1. The molecular weight excluding hydrogens is 365 g/mol. The van der Waals surface area contributed by atoms with Crippen molar-refractivity contribution in [1.29, 1.82) is 0 Å². The van der Waals surface area contributed by atoms with Gasteiger partial charge in [-0.2, -0.15) is 0 Å². The van der Waals surface area contributed by atoms with E-state index in [0.717, 1.165) is 14.0 Å². The summed E-state index contributed by atoms with van der Waals surface area (Å²) in [5.74, 6) is -1.26. The molecule has 2 atom stereocenters. The Morgan fingerprint density at radius 2 is 2.17 bits per heavy atom. The predicted molar refractivity (Wildman–Crippen MR) is 78.0 cm³/mol. The number of carbonyl (C=O) groups excluding carboxylic acids is 1. The van der Waals surface area contributed by atoms with Gasteiger partial charge in [0.25, 0.3) is 5.91 Å². The summed E-state index contributed by atoms with van der Waals surface area (Å²) in [5.41, 5.74) is 1.10. The normalized spacial score (nSPS) is 23.4. The number of aryl methyl sites for hydroxylation is 1. The van der Waals surface area contributed by atoms with E-state index in [9.17, 15) is 9.59 Å². The molecule has 98 valence electrons. The minimum absolute atomic E-state index is 0.0187. The Bertz CT molecular complexity index is 500. The molecule has 1 aliphatic rings. The van der Waals surface area contributed by atoms with Gasteiger partial charge in [-0.15, -0.1) is 11.3 Å². The van der Waals surface area contributed by atoms with Gasteiger partial charge in [0.05, 0.1) is 5.92 Å². The zero-order valence-corrected chi connectivity index (χ0v) is 13.1. The Morgan fingerprint density at radius 1 is 1.50 bits per heavy atom. The van der Waals surface area contributed by atoms with Crippen molar-refractivity contribution < 1.29 is 14.7 Å². The third-order valence-corrected chi connectivity index (χ3v) is 6.15. The van der Waals surface area contributed by atoms with Gasteiger partial charge >= 0.3 is 5.97 Å². The molecule has 0 spiro atoms. The van der Waals surface area contributed by atoms with Gasteiger partial charge in [-0.1, -0.05) is 6.92 Å². The molecule has 1 N–H and O–H groups in total. The highest BCUT2D eigenvalue weighted by Gasteiger charge is 2.37. The molecule has 1 aliphatic heterocycles. The van der Waals surface area contributed by atoms with E-state index in [1.807, 2.05) is 19.2 Å². The topological polar surface area (TPSA) is 57.6 Å². The molecule has 1 fully saturated rings. The second-order valence-corrected chi connectivity index (χ2v) is 6.65. The maximum atomic E-state index is 12.3. The lowest BCUT2D eigenvalue weighted by Gasteiger charge is -2.15. The number of likely N-dealkylation sites (tertiary alicyclic amines) is 1. The maximum Gasteiger partial charge on any atom is 0.308 e. The van der Waals surface area contributed by atoms with Gasteiger partial charge in [0.15, 0.2) is 0 Å². The van der Waals surface area contributed by atoms with Gasteiger partial charge < -0.3 is 10.0 Å². The minimum atomic E-state index is -0.810. The summed E-state index contributed by atoms with van der Waals surface area (Å²) in [7, 11) is 0. The molecule has 18 heavy (non-hydrogen) atoms. The lowest BCUT2D eigenvalue weighted by molar-refractivity contribution is -0.142. The van der Waals surface area contributed by atoms with Crippen LogP contribution in [0, 0.1) is 22.3 Å². The van der Waals surface area contributed by atoms with E-state index >= 15 is 0 Å². The predicted octanol–water partition coefficient (Wildman–Crippen LogP) is 2.45. The number of aliphatic carboxylic acids is 1. The Morgan fingerprint density at radius 3 is 2.61 bits per heavy atom. The summed E-state index contributed by atoms with van der Waals surface area (Å²) in [4.78, 5) is 25.8. The number of halogens is 1. The Balaban J connectivity index is 2.17. The first-order chi connectivity index (χ1) is 8.41. The number of amides is 1. The molecule has 0 aromatic carbocycles. The zero-order chi connectivity index (χ0) is 13.4. The monoisotopic (exact) mass is 379 g/mol.